The summed E-state index contributed by atoms with van der Waals surface area (Å²) in [5.41, 5.74) is 1.29. The van der Waals surface area contributed by atoms with Crippen LogP contribution in [0.5, 0.6) is 0 Å². The van der Waals surface area contributed by atoms with Crippen LogP contribution in [0.3, 0.4) is 0 Å². The average molecular weight is 171 g/mol. The largest absolute Gasteiger partial charge is 0.198 e. The Balaban J connectivity index is 2.00. The molecular formula is C12H13N. The molecule has 2 rings (SSSR count). The van der Waals surface area contributed by atoms with Crippen molar-refractivity contribution < 1.29 is 0 Å². The molecule has 0 radical (unpaired) electrons. The molecule has 0 aromatic heterocycles. The number of rotatable bonds is 3. The van der Waals surface area contributed by atoms with Crippen LogP contribution in [0.2, 0.25) is 0 Å². The molecular weight excluding hydrogens is 158 g/mol. The topological polar surface area (TPSA) is 23.8 Å². The zero-order valence-corrected chi connectivity index (χ0v) is 7.61. The number of benzene rings is 1. The van der Waals surface area contributed by atoms with Crippen LogP contribution in [-0.4, -0.2) is 0 Å². The summed E-state index contributed by atoms with van der Waals surface area (Å²) < 4.78 is 0. The molecule has 1 aromatic rings. The molecule has 1 fully saturated rings. The maximum atomic E-state index is 8.95. The van der Waals surface area contributed by atoms with Crippen LogP contribution in [0, 0.1) is 23.2 Å². The Kier molecular flexibility index (Phi) is 2.31. The first-order chi connectivity index (χ1) is 6.40. The van der Waals surface area contributed by atoms with Crippen molar-refractivity contribution in [3.05, 3.63) is 35.9 Å². The molecule has 1 aliphatic rings. The van der Waals surface area contributed by atoms with Crippen LogP contribution in [0.15, 0.2) is 30.3 Å². The molecule has 0 saturated heterocycles. The predicted molar refractivity (Wildman–Crippen MR) is 52.0 cm³/mol. The Morgan fingerprint density at radius 1 is 1.31 bits per heavy atom. The molecule has 1 aliphatic carbocycles. The maximum Gasteiger partial charge on any atom is 0.0662 e. The molecule has 0 heterocycles. The molecule has 0 N–H and O–H groups in total. The molecule has 0 amide bonds. The fourth-order valence-electron chi connectivity index (χ4n) is 1.68. The second kappa shape index (κ2) is 3.62. The molecule has 66 valence electrons. The van der Waals surface area contributed by atoms with Crippen molar-refractivity contribution in [2.45, 2.75) is 19.3 Å². The fraction of sp³-hybridized carbons (Fsp3) is 0.417. The predicted octanol–water partition coefficient (Wildman–Crippen LogP) is 2.78. The lowest BCUT2D eigenvalue weighted by atomic mass is 9.96. The van der Waals surface area contributed by atoms with Crippen LogP contribution < -0.4 is 0 Å². The second-order valence-corrected chi connectivity index (χ2v) is 3.76. The zero-order chi connectivity index (χ0) is 9.10. The van der Waals surface area contributed by atoms with Gasteiger partial charge in [-0.25, -0.2) is 0 Å². The van der Waals surface area contributed by atoms with Gasteiger partial charge in [0.25, 0.3) is 0 Å². The van der Waals surface area contributed by atoms with Gasteiger partial charge in [0, 0.05) is 0 Å². The van der Waals surface area contributed by atoms with E-state index in [4.69, 9.17) is 5.26 Å². The van der Waals surface area contributed by atoms with Gasteiger partial charge in [0.15, 0.2) is 0 Å². The first kappa shape index (κ1) is 8.31. The third kappa shape index (κ3) is 2.09. The minimum Gasteiger partial charge on any atom is -0.198 e. The van der Waals surface area contributed by atoms with Crippen LogP contribution in [0.4, 0.5) is 0 Å². The highest BCUT2D eigenvalue weighted by atomic mass is 14.4. The molecule has 1 nitrogen and oxygen atoms in total. The first-order valence-electron chi connectivity index (χ1n) is 4.83. The molecule has 13 heavy (non-hydrogen) atoms. The van der Waals surface area contributed by atoms with Gasteiger partial charge in [-0.2, -0.15) is 5.26 Å². The minimum absolute atomic E-state index is 0.252. The number of hydrogen-bond acceptors (Lipinski definition) is 1. The van der Waals surface area contributed by atoms with Gasteiger partial charge < -0.3 is 0 Å². The van der Waals surface area contributed by atoms with Gasteiger partial charge in [0.2, 0.25) is 0 Å². The Hall–Kier alpha value is -1.29. The van der Waals surface area contributed by atoms with Crippen molar-refractivity contribution in [3.63, 3.8) is 0 Å². The van der Waals surface area contributed by atoms with E-state index in [-0.39, 0.29) is 5.92 Å². The van der Waals surface area contributed by atoms with Gasteiger partial charge in [0.05, 0.1) is 12.0 Å². The van der Waals surface area contributed by atoms with E-state index in [1.54, 1.807) is 0 Å². The molecule has 1 unspecified atom stereocenters. The van der Waals surface area contributed by atoms with Crippen molar-refractivity contribution in [2.75, 3.05) is 0 Å². The molecule has 0 aliphatic heterocycles. The summed E-state index contributed by atoms with van der Waals surface area (Å²) in [5.74, 6) is 0.938. The lowest BCUT2D eigenvalue weighted by Gasteiger charge is -2.06. The van der Waals surface area contributed by atoms with Gasteiger partial charge in [-0.3, -0.25) is 0 Å². The number of nitriles is 1. The van der Waals surface area contributed by atoms with Gasteiger partial charge >= 0.3 is 0 Å². The molecule has 1 saturated carbocycles. The lowest BCUT2D eigenvalue weighted by molar-refractivity contribution is 0.579. The van der Waals surface area contributed by atoms with E-state index >= 15 is 0 Å². The molecule has 1 heteroatoms. The van der Waals surface area contributed by atoms with E-state index in [2.05, 4.69) is 18.2 Å². The van der Waals surface area contributed by atoms with Gasteiger partial charge in [-0.1, -0.05) is 30.3 Å². The average Bonchev–Trinajstić information content (AvgIpc) is 2.99. The van der Waals surface area contributed by atoms with Crippen LogP contribution in [0.25, 0.3) is 0 Å². The normalized spacial score (nSPS) is 17.8. The maximum absolute atomic E-state index is 8.95. The summed E-state index contributed by atoms with van der Waals surface area (Å²) in [7, 11) is 0. The van der Waals surface area contributed by atoms with Crippen molar-refractivity contribution in [1.29, 1.82) is 5.26 Å². The Morgan fingerprint density at radius 2 is 2.00 bits per heavy atom. The fourth-order valence-corrected chi connectivity index (χ4v) is 1.68. The highest BCUT2D eigenvalue weighted by Gasteiger charge is 2.30. The monoisotopic (exact) mass is 171 g/mol. The first-order valence-corrected chi connectivity index (χ1v) is 4.83. The summed E-state index contributed by atoms with van der Waals surface area (Å²) in [6.07, 6.45) is 3.44. The Labute approximate surface area is 79.0 Å². The third-order valence-electron chi connectivity index (χ3n) is 2.66. The highest BCUT2D eigenvalue weighted by Crippen LogP contribution is 2.37. The van der Waals surface area contributed by atoms with Gasteiger partial charge in [0.1, 0.15) is 0 Å². The minimum atomic E-state index is 0.252. The highest BCUT2D eigenvalue weighted by molar-refractivity contribution is 5.17. The van der Waals surface area contributed by atoms with Crippen LogP contribution >= 0.6 is 0 Å². The van der Waals surface area contributed by atoms with E-state index in [1.807, 2.05) is 18.2 Å². The summed E-state index contributed by atoms with van der Waals surface area (Å²) >= 11 is 0. The Bertz CT molecular complexity index is 306. The lowest BCUT2D eigenvalue weighted by Crippen LogP contribution is -2.03. The van der Waals surface area contributed by atoms with Crippen molar-refractivity contribution in [3.8, 4) is 6.07 Å². The summed E-state index contributed by atoms with van der Waals surface area (Å²) in [5, 5.41) is 8.95. The van der Waals surface area contributed by atoms with Crippen LogP contribution in [-0.2, 0) is 6.42 Å². The number of hydrogen-bond donors (Lipinski definition) is 0. The quantitative estimate of drug-likeness (QED) is 0.686. The molecule has 0 spiro atoms. The summed E-state index contributed by atoms with van der Waals surface area (Å²) in [6.45, 7) is 0. The van der Waals surface area contributed by atoms with Crippen molar-refractivity contribution >= 4 is 0 Å². The van der Waals surface area contributed by atoms with Crippen molar-refractivity contribution in [1.82, 2.24) is 0 Å². The second-order valence-electron chi connectivity index (χ2n) is 3.76. The molecule has 0 bridgehead atoms. The molecule has 1 atom stereocenters. The van der Waals surface area contributed by atoms with E-state index in [0.29, 0.717) is 5.92 Å². The van der Waals surface area contributed by atoms with E-state index in [1.165, 1.54) is 18.4 Å². The van der Waals surface area contributed by atoms with Crippen LogP contribution in [0.1, 0.15) is 18.4 Å². The third-order valence-corrected chi connectivity index (χ3v) is 2.66. The van der Waals surface area contributed by atoms with Gasteiger partial charge in [-0.05, 0) is 30.7 Å². The van der Waals surface area contributed by atoms with Crippen molar-refractivity contribution in [2.24, 2.45) is 11.8 Å². The van der Waals surface area contributed by atoms with Gasteiger partial charge in [-0.15, -0.1) is 0 Å². The number of nitrogens with zero attached hydrogens (tertiary/aromatic N) is 1. The molecule has 1 aromatic carbocycles. The van der Waals surface area contributed by atoms with E-state index in [9.17, 15) is 0 Å². The standard InChI is InChI=1S/C12H13N/c13-9-12(11-6-7-11)8-10-4-2-1-3-5-10/h1-5,11-12H,6-8H2. The zero-order valence-electron chi connectivity index (χ0n) is 7.61. The SMILES string of the molecule is N#CC(Cc1ccccc1)C1CC1. The Morgan fingerprint density at radius 3 is 2.54 bits per heavy atom. The smallest absolute Gasteiger partial charge is 0.0662 e. The summed E-state index contributed by atoms with van der Waals surface area (Å²) in [6, 6.07) is 12.7. The van der Waals surface area contributed by atoms with E-state index in [0.717, 1.165) is 6.42 Å². The summed E-state index contributed by atoms with van der Waals surface area (Å²) in [4.78, 5) is 0. The van der Waals surface area contributed by atoms with E-state index < -0.39 is 0 Å².